The molecule has 3 fully saturated rings. The van der Waals surface area contributed by atoms with E-state index in [0.29, 0.717) is 19.6 Å². The molecule has 4 atom stereocenters. The molecule has 0 aliphatic carbocycles. The predicted molar refractivity (Wildman–Crippen MR) is 91.9 cm³/mol. The summed E-state index contributed by atoms with van der Waals surface area (Å²) >= 11 is 0. The van der Waals surface area contributed by atoms with Gasteiger partial charge in [0.05, 0.1) is 24.0 Å². The van der Waals surface area contributed by atoms with Crippen LogP contribution in [0.2, 0.25) is 0 Å². The van der Waals surface area contributed by atoms with Gasteiger partial charge < -0.3 is 9.64 Å². The molecule has 3 aliphatic rings. The molecule has 2 bridgehead atoms. The van der Waals surface area contributed by atoms with Gasteiger partial charge >= 0.3 is 0 Å². The first-order chi connectivity index (χ1) is 11.4. The quantitative estimate of drug-likeness (QED) is 0.746. The van der Waals surface area contributed by atoms with Gasteiger partial charge in [0.15, 0.2) is 0 Å². The van der Waals surface area contributed by atoms with Crippen LogP contribution in [0.5, 0.6) is 0 Å². The van der Waals surface area contributed by atoms with Crippen LogP contribution < -0.4 is 4.72 Å². The molecular weight excluding hydrogens is 328 g/mol. The van der Waals surface area contributed by atoms with E-state index in [1.54, 1.807) is 6.92 Å². The molecule has 6 nitrogen and oxygen atoms in total. The molecule has 24 heavy (non-hydrogen) atoms. The summed E-state index contributed by atoms with van der Waals surface area (Å²) in [6.45, 7) is 7.59. The fourth-order valence-electron chi connectivity index (χ4n) is 4.85. The summed E-state index contributed by atoms with van der Waals surface area (Å²) in [5.41, 5.74) is -0.227. The van der Waals surface area contributed by atoms with Crippen LogP contribution in [0.15, 0.2) is 0 Å². The number of nitrogens with one attached hydrogen (secondary N) is 1. The van der Waals surface area contributed by atoms with Gasteiger partial charge in [-0.05, 0) is 32.6 Å². The standard InChI is InChI=1S/C17H30N2O4S/c1-4-12(5-2)16(20)19-10-14-13(9-18-24(21,22)6-3)15-7-8-17(14,11-19)23-15/h12-15,18H,4-11H2,1-3H3/t13-,14+,15+,17+/m0/s1. The van der Waals surface area contributed by atoms with E-state index in [1.165, 1.54) is 0 Å². The van der Waals surface area contributed by atoms with E-state index in [2.05, 4.69) is 18.6 Å². The van der Waals surface area contributed by atoms with Gasteiger partial charge in [0.25, 0.3) is 0 Å². The van der Waals surface area contributed by atoms with E-state index in [4.69, 9.17) is 4.74 Å². The van der Waals surface area contributed by atoms with E-state index in [9.17, 15) is 13.2 Å². The predicted octanol–water partition coefficient (Wildman–Crippen LogP) is 1.37. The third-order valence-electron chi connectivity index (χ3n) is 6.35. The molecular formula is C17H30N2O4S. The first-order valence-electron chi connectivity index (χ1n) is 9.29. The maximum absolute atomic E-state index is 12.7. The molecule has 0 unspecified atom stereocenters. The van der Waals surface area contributed by atoms with Gasteiger partial charge in [-0.2, -0.15) is 0 Å². The number of likely N-dealkylation sites (tertiary alicyclic amines) is 1. The van der Waals surface area contributed by atoms with Crippen molar-refractivity contribution in [1.29, 1.82) is 0 Å². The highest BCUT2D eigenvalue weighted by Crippen LogP contribution is 2.54. The third-order valence-corrected chi connectivity index (χ3v) is 7.72. The molecule has 7 heteroatoms. The molecule has 1 N–H and O–H groups in total. The second-order valence-electron chi connectivity index (χ2n) is 7.51. The lowest BCUT2D eigenvalue weighted by Crippen LogP contribution is -2.42. The first kappa shape index (κ1) is 18.1. The topological polar surface area (TPSA) is 75.7 Å². The lowest BCUT2D eigenvalue weighted by atomic mass is 9.74. The highest BCUT2D eigenvalue weighted by molar-refractivity contribution is 7.89. The fraction of sp³-hybridized carbons (Fsp3) is 0.941. The Bertz CT molecular complexity index is 589. The van der Waals surface area contributed by atoms with Gasteiger partial charge in [0, 0.05) is 30.8 Å². The number of hydrogen-bond acceptors (Lipinski definition) is 4. The van der Waals surface area contributed by atoms with Crippen LogP contribution in [0.3, 0.4) is 0 Å². The Morgan fingerprint density at radius 1 is 1.33 bits per heavy atom. The molecule has 0 radical (unpaired) electrons. The largest absolute Gasteiger partial charge is 0.369 e. The molecule has 3 heterocycles. The molecule has 0 saturated carbocycles. The van der Waals surface area contributed by atoms with Crippen LogP contribution in [0, 0.1) is 17.8 Å². The Balaban J connectivity index is 1.70. The highest BCUT2D eigenvalue weighted by Gasteiger charge is 2.63. The van der Waals surface area contributed by atoms with Crippen LogP contribution in [0.25, 0.3) is 0 Å². The SMILES string of the molecule is CCC(CC)C(=O)N1C[C@@H]2[C@H](CNS(=O)(=O)CC)[C@H]3CC[C@]2(C1)O3. The van der Waals surface area contributed by atoms with Crippen molar-refractivity contribution in [1.82, 2.24) is 9.62 Å². The maximum atomic E-state index is 12.7. The molecule has 3 saturated heterocycles. The van der Waals surface area contributed by atoms with Crippen molar-refractivity contribution in [3.05, 3.63) is 0 Å². The number of fused-ring (bicyclic) bond motifs is 1. The van der Waals surface area contributed by atoms with Crippen LogP contribution >= 0.6 is 0 Å². The second-order valence-corrected chi connectivity index (χ2v) is 9.61. The minimum atomic E-state index is -3.19. The number of nitrogens with zero attached hydrogens (tertiary/aromatic N) is 1. The number of hydrogen-bond donors (Lipinski definition) is 1. The van der Waals surface area contributed by atoms with Gasteiger partial charge in [-0.25, -0.2) is 13.1 Å². The number of carbonyl (C=O) groups excluding carboxylic acids is 1. The first-order valence-corrected chi connectivity index (χ1v) is 10.9. The Labute approximate surface area is 145 Å². The van der Waals surface area contributed by atoms with Crippen LogP contribution in [0.4, 0.5) is 0 Å². The van der Waals surface area contributed by atoms with Gasteiger partial charge in [-0.1, -0.05) is 13.8 Å². The zero-order valence-corrected chi connectivity index (χ0v) is 15.8. The van der Waals surface area contributed by atoms with Gasteiger partial charge in [-0.15, -0.1) is 0 Å². The monoisotopic (exact) mass is 358 g/mol. The smallest absolute Gasteiger partial charge is 0.225 e. The van der Waals surface area contributed by atoms with Gasteiger partial charge in [0.2, 0.25) is 15.9 Å². The molecule has 0 aromatic carbocycles. The summed E-state index contributed by atoms with van der Waals surface area (Å²) in [6, 6.07) is 0. The van der Waals surface area contributed by atoms with E-state index in [0.717, 1.165) is 25.7 Å². The van der Waals surface area contributed by atoms with Crippen LogP contribution in [-0.4, -0.2) is 56.3 Å². The number of carbonyl (C=O) groups is 1. The average molecular weight is 359 g/mol. The molecule has 138 valence electrons. The molecule has 1 amide bonds. The summed E-state index contributed by atoms with van der Waals surface area (Å²) in [5, 5.41) is 0. The summed E-state index contributed by atoms with van der Waals surface area (Å²) in [7, 11) is -3.19. The third kappa shape index (κ3) is 2.99. The van der Waals surface area contributed by atoms with Crippen molar-refractivity contribution in [2.24, 2.45) is 17.8 Å². The number of rotatable bonds is 7. The van der Waals surface area contributed by atoms with E-state index in [-0.39, 0.29) is 41.1 Å². The Kier molecular flexibility index (Phi) is 4.97. The molecule has 3 rings (SSSR count). The Hall–Kier alpha value is -0.660. The van der Waals surface area contributed by atoms with Crippen molar-refractivity contribution in [3.63, 3.8) is 0 Å². The minimum Gasteiger partial charge on any atom is -0.369 e. The Morgan fingerprint density at radius 3 is 2.67 bits per heavy atom. The van der Waals surface area contributed by atoms with Gasteiger partial charge in [0.1, 0.15) is 0 Å². The summed E-state index contributed by atoms with van der Waals surface area (Å²) in [4.78, 5) is 14.7. The lowest BCUT2D eigenvalue weighted by Gasteiger charge is -2.29. The van der Waals surface area contributed by atoms with Crippen molar-refractivity contribution in [2.45, 2.75) is 58.2 Å². The average Bonchev–Trinajstić information content (AvgIpc) is 3.22. The molecule has 3 aliphatic heterocycles. The maximum Gasteiger partial charge on any atom is 0.225 e. The zero-order valence-electron chi connectivity index (χ0n) is 15.0. The summed E-state index contributed by atoms with van der Waals surface area (Å²) in [6.07, 6.45) is 3.84. The normalized spacial score (nSPS) is 35.0. The molecule has 0 aromatic rings. The van der Waals surface area contributed by atoms with Crippen molar-refractivity contribution in [2.75, 3.05) is 25.4 Å². The molecule has 0 aromatic heterocycles. The van der Waals surface area contributed by atoms with Crippen molar-refractivity contribution in [3.8, 4) is 0 Å². The van der Waals surface area contributed by atoms with Crippen LogP contribution in [-0.2, 0) is 19.6 Å². The highest BCUT2D eigenvalue weighted by atomic mass is 32.2. The minimum absolute atomic E-state index is 0.0921. The van der Waals surface area contributed by atoms with E-state index >= 15 is 0 Å². The Morgan fingerprint density at radius 2 is 2.04 bits per heavy atom. The van der Waals surface area contributed by atoms with Crippen LogP contribution in [0.1, 0.15) is 46.5 Å². The van der Waals surface area contributed by atoms with Gasteiger partial charge in [-0.3, -0.25) is 4.79 Å². The second kappa shape index (κ2) is 6.57. The molecule has 1 spiro atoms. The summed E-state index contributed by atoms with van der Waals surface area (Å²) in [5.74, 6) is 0.868. The lowest BCUT2D eigenvalue weighted by molar-refractivity contribution is -0.136. The zero-order chi connectivity index (χ0) is 17.5. The van der Waals surface area contributed by atoms with Crippen molar-refractivity contribution < 1.29 is 17.9 Å². The number of sulfonamides is 1. The van der Waals surface area contributed by atoms with Crippen molar-refractivity contribution >= 4 is 15.9 Å². The van der Waals surface area contributed by atoms with E-state index < -0.39 is 10.0 Å². The fourth-order valence-corrected chi connectivity index (χ4v) is 5.50. The number of amides is 1. The number of ether oxygens (including phenoxy) is 1. The summed E-state index contributed by atoms with van der Waals surface area (Å²) < 4.78 is 32.6. The van der Waals surface area contributed by atoms with E-state index in [1.807, 2.05) is 4.90 Å².